The highest BCUT2D eigenvalue weighted by molar-refractivity contribution is 7.15. The summed E-state index contributed by atoms with van der Waals surface area (Å²) in [6.07, 6.45) is 4.62. The van der Waals surface area contributed by atoms with Crippen molar-refractivity contribution in [1.82, 2.24) is 10.2 Å². The van der Waals surface area contributed by atoms with Gasteiger partial charge in [0.2, 0.25) is 5.13 Å². The average Bonchev–Trinajstić information content (AvgIpc) is 2.65. The molecule has 1 aromatic rings. The van der Waals surface area contributed by atoms with Crippen LogP contribution >= 0.6 is 11.3 Å². The van der Waals surface area contributed by atoms with Gasteiger partial charge in [-0.15, -0.1) is 10.2 Å². The van der Waals surface area contributed by atoms with Crippen LogP contribution in [-0.4, -0.2) is 29.3 Å². The summed E-state index contributed by atoms with van der Waals surface area (Å²) in [6.45, 7) is 1.99. The van der Waals surface area contributed by atoms with E-state index in [4.69, 9.17) is 5.73 Å². The van der Waals surface area contributed by atoms with E-state index in [1.807, 2.05) is 6.92 Å². The van der Waals surface area contributed by atoms with E-state index >= 15 is 0 Å². The quantitative estimate of drug-likeness (QED) is 0.831. The Morgan fingerprint density at radius 1 is 1.27 bits per heavy atom. The molecule has 0 atom stereocenters. The zero-order valence-electron chi connectivity index (χ0n) is 9.31. The molecule has 15 heavy (non-hydrogen) atoms. The normalized spacial score (nSPS) is 26.6. The first-order valence-corrected chi connectivity index (χ1v) is 6.27. The van der Waals surface area contributed by atoms with Crippen molar-refractivity contribution in [1.29, 1.82) is 0 Å². The molecular weight excluding hydrogens is 208 g/mol. The van der Waals surface area contributed by atoms with Gasteiger partial charge in [0.15, 0.2) is 0 Å². The summed E-state index contributed by atoms with van der Waals surface area (Å²) in [5.74, 6) is 0. The number of aromatic nitrogens is 2. The summed E-state index contributed by atoms with van der Waals surface area (Å²) in [5.41, 5.74) is 5.90. The van der Waals surface area contributed by atoms with Crippen LogP contribution < -0.4 is 10.6 Å². The second kappa shape index (κ2) is 4.45. The fraction of sp³-hybridized carbons (Fsp3) is 0.800. The minimum Gasteiger partial charge on any atom is -0.347 e. The molecule has 0 amide bonds. The lowest BCUT2D eigenvalue weighted by Crippen LogP contribution is -2.38. The summed E-state index contributed by atoms with van der Waals surface area (Å²) in [7, 11) is 2.11. The molecule has 1 aromatic heterocycles. The molecule has 4 nitrogen and oxygen atoms in total. The van der Waals surface area contributed by atoms with Gasteiger partial charge in [0.25, 0.3) is 0 Å². The minimum absolute atomic E-state index is 0.408. The predicted molar refractivity (Wildman–Crippen MR) is 63.3 cm³/mol. The van der Waals surface area contributed by atoms with Crippen molar-refractivity contribution in [3.05, 3.63) is 5.01 Å². The molecule has 0 aliphatic heterocycles. The number of aryl methyl sites for hydroxylation is 1. The average molecular weight is 226 g/mol. The van der Waals surface area contributed by atoms with E-state index < -0.39 is 0 Å². The van der Waals surface area contributed by atoms with Gasteiger partial charge >= 0.3 is 0 Å². The molecular formula is C10H18N4S. The second-order valence-corrected chi connectivity index (χ2v) is 5.44. The molecule has 1 heterocycles. The maximum atomic E-state index is 5.90. The van der Waals surface area contributed by atoms with Crippen LogP contribution in [0.4, 0.5) is 5.13 Å². The lowest BCUT2D eigenvalue weighted by atomic mass is 9.91. The van der Waals surface area contributed by atoms with E-state index in [1.165, 1.54) is 12.8 Å². The molecule has 0 bridgehead atoms. The summed E-state index contributed by atoms with van der Waals surface area (Å²) in [4.78, 5) is 2.26. The van der Waals surface area contributed by atoms with Gasteiger partial charge < -0.3 is 10.6 Å². The summed E-state index contributed by atoms with van der Waals surface area (Å²) >= 11 is 1.66. The molecule has 2 N–H and O–H groups in total. The van der Waals surface area contributed by atoms with Crippen LogP contribution in [0.25, 0.3) is 0 Å². The molecule has 0 unspecified atom stereocenters. The van der Waals surface area contributed by atoms with Gasteiger partial charge in [0.1, 0.15) is 5.01 Å². The molecule has 1 saturated carbocycles. The Labute approximate surface area is 94.5 Å². The van der Waals surface area contributed by atoms with Crippen molar-refractivity contribution in [2.45, 2.75) is 44.7 Å². The molecule has 0 aromatic carbocycles. The summed E-state index contributed by atoms with van der Waals surface area (Å²) < 4.78 is 0. The van der Waals surface area contributed by atoms with Crippen LogP contribution in [0.1, 0.15) is 30.7 Å². The lowest BCUT2D eigenvalue weighted by molar-refractivity contribution is 0.384. The Morgan fingerprint density at radius 3 is 2.47 bits per heavy atom. The first kappa shape index (κ1) is 10.8. The van der Waals surface area contributed by atoms with Crippen LogP contribution in [0.5, 0.6) is 0 Å². The maximum Gasteiger partial charge on any atom is 0.208 e. The van der Waals surface area contributed by atoms with Gasteiger partial charge in [-0.2, -0.15) is 0 Å². The fourth-order valence-corrected chi connectivity index (χ4v) is 2.79. The Hall–Kier alpha value is -0.680. The molecule has 1 aliphatic rings. The van der Waals surface area contributed by atoms with Crippen LogP contribution in [-0.2, 0) is 0 Å². The van der Waals surface area contributed by atoms with Crippen molar-refractivity contribution in [2.75, 3.05) is 11.9 Å². The fourth-order valence-electron chi connectivity index (χ4n) is 2.07. The van der Waals surface area contributed by atoms with Gasteiger partial charge in [0.05, 0.1) is 0 Å². The van der Waals surface area contributed by atoms with Crippen molar-refractivity contribution in [3.63, 3.8) is 0 Å². The summed E-state index contributed by atoms with van der Waals surface area (Å²) in [5, 5.41) is 10.3. The molecule has 84 valence electrons. The number of nitrogens with zero attached hydrogens (tertiary/aromatic N) is 3. The van der Waals surface area contributed by atoms with Gasteiger partial charge in [-0.05, 0) is 32.6 Å². The van der Waals surface area contributed by atoms with Crippen LogP contribution in [0, 0.1) is 6.92 Å². The van der Waals surface area contributed by atoms with E-state index in [-0.39, 0.29) is 0 Å². The number of hydrogen-bond donors (Lipinski definition) is 1. The zero-order valence-corrected chi connectivity index (χ0v) is 10.1. The van der Waals surface area contributed by atoms with Crippen LogP contribution in [0.15, 0.2) is 0 Å². The van der Waals surface area contributed by atoms with Gasteiger partial charge in [-0.3, -0.25) is 0 Å². The van der Waals surface area contributed by atoms with Crippen LogP contribution in [0.2, 0.25) is 0 Å². The van der Waals surface area contributed by atoms with Crippen molar-refractivity contribution in [2.24, 2.45) is 5.73 Å². The molecule has 0 saturated heterocycles. The molecule has 5 heteroatoms. The molecule has 0 radical (unpaired) electrons. The third-order valence-electron chi connectivity index (χ3n) is 3.11. The molecule has 0 spiro atoms. The summed E-state index contributed by atoms with van der Waals surface area (Å²) in [6, 6.07) is 1.00. The topological polar surface area (TPSA) is 55.0 Å². The van der Waals surface area contributed by atoms with Crippen LogP contribution in [0.3, 0.4) is 0 Å². The largest absolute Gasteiger partial charge is 0.347 e. The second-order valence-electron chi connectivity index (χ2n) is 4.28. The van der Waals surface area contributed by atoms with E-state index in [1.54, 1.807) is 11.3 Å². The van der Waals surface area contributed by atoms with E-state index in [9.17, 15) is 0 Å². The smallest absolute Gasteiger partial charge is 0.208 e. The first-order valence-electron chi connectivity index (χ1n) is 5.45. The molecule has 1 fully saturated rings. The first-order chi connectivity index (χ1) is 7.16. The highest BCUT2D eigenvalue weighted by Gasteiger charge is 2.23. The predicted octanol–water partition coefficient (Wildman–Crippen LogP) is 1.55. The standard InChI is InChI=1S/C10H18N4S/c1-7-12-13-10(15-7)14(2)9-5-3-8(11)4-6-9/h8-9H,3-6,11H2,1-2H3. The monoisotopic (exact) mass is 226 g/mol. The van der Waals surface area contributed by atoms with Crippen molar-refractivity contribution in [3.8, 4) is 0 Å². The molecule has 2 rings (SSSR count). The molecule has 1 aliphatic carbocycles. The Morgan fingerprint density at radius 2 is 1.93 bits per heavy atom. The highest BCUT2D eigenvalue weighted by atomic mass is 32.1. The van der Waals surface area contributed by atoms with Crippen molar-refractivity contribution < 1.29 is 0 Å². The zero-order chi connectivity index (χ0) is 10.8. The highest BCUT2D eigenvalue weighted by Crippen LogP contribution is 2.27. The minimum atomic E-state index is 0.408. The maximum absolute atomic E-state index is 5.90. The van der Waals surface area contributed by atoms with Gasteiger partial charge in [-0.25, -0.2) is 0 Å². The SMILES string of the molecule is Cc1nnc(N(C)C2CCC(N)CC2)s1. The Balaban J connectivity index is 1.99. The number of anilines is 1. The van der Waals surface area contributed by atoms with Crippen molar-refractivity contribution >= 4 is 16.5 Å². The number of rotatable bonds is 2. The Kier molecular flexibility index (Phi) is 3.21. The van der Waals surface area contributed by atoms with E-state index in [2.05, 4.69) is 22.1 Å². The van der Waals surface area contributed by atoms with E-state index in [0.29, 0.717) is 12.1 Å². The third-order valence-corrected chi connectivity index (χ3v) is 4.04. The van der Waals surface area contributed by atoms with E-state index in [0.717, 1.165) is 23.0 Å². The number of hydrogen-bond acceptors (Lipinski definition) is 5. The third kappa shape index (κ3) is 2.46. The van der Waals surface area contributed by atoms with Gasteiger partial charge in [-0.1, -0.05) is 11.3 Å². The van der Waals surface area contributed by atoms with Gasteiger partial charge in [0, 0.05) is 19.1 Å². The number of nitrogens with two attached hydrogens (primary N) is 1. The Bertz CT molecular complexity index is 317. The lowest BCUT2D eigenvalue weighted by Gasteiger charge is -2.32.